The maximum atomic E-state index is 11.8. The summed E-state index contributed by atoms with van der Waals surface area (Å²) in [6.45, 7) is 1.46. The number of hydrogen-bond donors (Lipinski definition) is 1. The summed E-state index contributed by atoms with van der Waals surface area (Å²) in [5.74, 6) is 0. The molecule has 0 aliphatic rings. The molecule has 0 spiro atoms. The molecule has 0 bridgehead atoms. The average molecular weight is 328 g/mol. The Kier molecular flexibility index (Phi) is 4.93. The second kappa shape index (κ2) is 5.59. The summed E-state index contributed by atoms with van der Waals surface area (Å²) in [7, 11) is -1.88. The molecule has 0 saturated heterocycles. The monoisotopic (exact) mass is 327 g/mol. The van der Waals surface area contributed by atoms with Crippen molar-refractivity contribution in [1.29, 1.82) is 0 Å². The van der Waals surface area contributed by atoms with Crippen molar-refractivity contribution in [3.05, 3.63) is 20.8 Å². The lowest BCUT2D eigenvalue weighted by atomic mass is 10.3. The number of aliphatic hydroxyl groups is 1. The van der Waals surface area contributed by atoms with Crippen LogP contribution in [0.4, 0.5) is 0 Å². The van der Waals surface area contributed by atoms with Gasteiger partial charge in [-0.05, 0) is 39.9 Å². The Labute approximate surface area is 108 Å². The minimum absolute atomic E-state index is 0.328. The molecule has 92 valence electrons. The molecule has 1 rings (SSSR count). The third-order valence-electron chi connectivity index (χ3n) is 2.23. The minimum Gasteiger partial charge on any atom is -0.395 e. The second-order valence-corrected chi connectivity index (χ2v) is 8.30. The molecule has 1 heterocycles. The van der Waals surface area contributed by atoms with Crippen molar-refractivity contribution < 1.29 is 13.5 Å². The van der Waals surface area contributed by atoms with Crippen molar-refractivity contribution >= 4 is 37.3 Å². The SMILES string of the molecule is CC(CO)S(=O)(=O)N(C)Cc1csc(Br)c1. The van der Waals surface area contributed by atoms with Crippen molar-refractivity contribution in [3.63, 3.8) is 0 Å². The van der Waals surface area contributed by atoms with Gasteiger partial charge in [-0.2, -0.15) is 0 Å². The topological polar surface area (TPSA) is 57.6 Å². The standard InChI is InChI=1S/C9H14BrNO3S2/c1-7(5-12)16(13,14)11(2)4-8-3-9(10)15-6-8/h3,6-7,12H,4-5H2,1-2H3. The van der Waals surface area contributed by atoms with E-state index in [1.807, 2.05) is 11.4 Å². The molecule has 0 saturated carbocycles. The van der Waals surface area contributed by atoms with Crippen molar-refractivity contribution in [2.24, 2.45) is 0 Å². The Morgan fingerprint density at radius 3 is 2.69 bits per heavy atom. The van der Waals surface area contributed by atoms with Gasteiger partial charge in [0.1, 0.15) is 0 Å². The predicted molar refractivity (Wildman–Crippen MR) is 69.0 cm³/mol. The molecule has 0 amide bonds. The molecule has 1 aromatic heterocycles. The fourth-order valence-corrected chi connectivity index (χ4v) is 3.51. The fraction of sp³-hybridized carbons (Fsp3) is 0.556. The summed E-state index contributed by atoms with van der Waals surface area (Å²) in [6.07, 6.45) is 0. The number of nitrogens with zero attached hydrogens (tertiary/aromatic N) is 1. The molecule has 1 atom stereocenters. The Morgan fingerprint density at radius 2 is 2.25 bits per heavy atom. The number of aliphatic hydroxyl groups excluding tert-OH is 1. The summed E-state index contributed by atoms with van der Waals surface area (Å²) < 4.78 is 25.9. The summed E-state index contributed by atoms with van der Waals surface area (Å²) in [5.41, 5.74) is 0.938. The molecule has 7 heteroatoms. The van der Waals surface area contributed by atoms with E-state index in [-0.39, 0.29) is 6.61 Å². The lowest BCUT2D eigenvalue weighted by Gasteiger charge is -2.20. The van der Waals surface area contributed by atoms with Gasteiger partial charge in [0.2, 0.25) is 10.0 Å². The number of thiophene rings is 1. The van der Waals surface area contributed by atoms with Crippen LogP contribution in [-0.4, -0.2) is 36.7 Å². The fourth-order valence-electron chi connectivity index (χ4n) is 1.18. The van der Waals surface area contributed by atoms with Crippen LogP contribution in [0, 0.1) is 0 Å². The zero-order valence-corrected chi connectivity index (χ0v) is 12.3. The highest BCUT2D eigenvalue weighted by Gasteiger charge is 2.25. The Balaban J connectivity index is 2.76. The summed E-state index contributed by atoms with van der Waals surface area (Å²) in [6, 6.07) is 1.89. The van der Waals surface area contributed by atoms with Gasteiger partial charge in [0, 0.05) is 13.6 Å². The molecule has 0 aliphatic heterocycles. The number of sulfonamides is 1. The van der Waals surface area contributed by atoms with Gasteiger partial charge in [-0.25, -0.2) is 12.7 Å². The molecule has 16 heavy (non-hydrogen) atoms. The van der Waals surface area contributed by atoms with Crippen LogP contribution < -0.4 is 0 Å². The predicted octanol–water partition coefficient (Wildman–Crippen LogP) is 1.65. The first-order chi connectivity index (χ1) is 7.37. The maximum absolute atomic E-state index is 11.8. The van der Waals surface area contributed by atoms with Crippen molar-refractivity contribution in [1.82, 2.24) is 4.31 Å². The molecule has 1 aromatic rings. The highest BCUT2D eigenvalue weighted by molar-refractivity contribution is 9.11. The van der Waals surface area contributed by atoms with E-state index in [2.05, 4.69) is 15.9 Å². The number of rotatable bonds is 5. The second-order valence-electron chi connectivity index (χ2n) is 3.55. The van der Waals surface area contributed by atoms with Crippen LogP contribution in [-0.2, 0) is 16.6 Å². The van der Waals surface area contributed by atoms with E-state index in [0.717, 1.165) is 9.35 Å². The molecule has 0 fully saturated rings. The molecular weight excluding hydrogens is 314 g/mol. The molecule has 0 radical (unpaired) electrons. The highest BCUT2D eigenvalue weighted by Crippen LogP contribution is 2.22. The summed E-state index contributed by atoms with van der Waals surface area (Å²) >= 11 is 4.84. The van der Waals surface area contributed by atoms with Gasteiger partial charge in [0.15, 0.2) is 0 Å². The quantitative estimate of drug-likeness (QED) is 0.894. The third-order valence-corrected chi connectivity index (χ3v) is 5.94. The Bertz CT molecular complexity index is 443. The van der Waals surface area contributed by atoms with Gasteiger partial charge in [-0.15, -0.1) is 11.3 Å². The van der Waals surface area contributed by atoms with Crippen LogP contribution in [0.3, 0.4) is 0 Å². The summed E-state index contributed by atoms with van der Waals surface area (Å²) in [5, 5.41) is 10.0. The van der Waals surface area contributed by atoms with Gasteiger partial charge in [0.05, 0.1) is 15.6 Å². The van der Waals surface area contributed by atoms with Gasteiger partial charge in [-0.3, -0.25) is 0 Å². The lowest BCUT2D eigenvalue weighted by molar-refractivity contribution is 0.290. The van der Waals surface area contributed by atoms with E-state index in [9.17, 15) is 8.42 Å². The van der Waals surface area contributed by atoms with Gasteiger partial charge in [-0.1, -0.05) is 0 Å². The Hall–Kier alpha value is 0.0500. The number of hydrogen-bond acceptors (Lipinski definition) is 4. The molecule has 1 unspecified atom stereocenters. The van der Waals surface area contributed by atoms with E-state index in [1.165, 1.54) is 29.6 Å². The average Bonchev–Trinajstić information content (AvgIpc) is 2.62. The Morgan fingerprint density at radius 1 is 1.62 bits per heavy atom. The van der Waals surface area contributed by atoms with Gasteiger partial charge in [0.25, 0.3) is 0 Å². The van der Waals surface area contributed by atoms with Crippen molar-refractivity contribution in [3.8, 4) is 0 Å². The van der Waals surface area contributed by atoms with Gasteiger partial charge < -0.3 is 5.11 Å². The maximum Gasteiger partial charge on any atom is 0.219 e. The largest absolute Gasteiger partial charge is 0.395 e. The van der Waals surface area contributed by atoms with Crippen LogP contribution in [0.1, 0.15) is 12.5 Å². The van der Waals surface area contributed by atoms with Crippen LogP contribution in [0.5, 0.6) is 0 Å². The van der Waals surface area contributed by atoms with E-state index in [1.54, 1.807) is 0 Å². The van der Waals surface area contributed by atoms with Crippen LogP contribution in [0.15, 0.2) is 15.2 Å². The zero-order valence-electron chi connectivity index (χ0n) is 9.05. The van der Waals surface area contributed by atoms with E-state index < -0.39 is 15.3 Å². The first-order valence-electron chi connectivity index (χ1n) is 4.67. The van der Waals surface area contributed by atoms with Crippen LogP contribution in [0.2, 0.25) is 0 Å². The van der Waals surface area contributed by atoms with Crippen molar-refractivity contribution in [2.75, 3.05) is 13.7 Å². The third kappa shape index (κ3) is 3.27. The first kappa shape index (κ1) is 14.1. The normalized spacial score (nSPS) is 14.3. The smallest absolute Gasteiger partial charge is 0.219 e. The molecule has 0 aliphatic carbocycles. The van der Waals surface area contributed by atoms with E-state index in [0.29, 0.717) is 6.54 Å². The van der Waals surface area contributed by atoms with E-state index >= 15 is 0 Å². The van der Waals surface area contributed by atoms with Gasteiger partial charge >= 0.3 is 0 Å². The van der Waals surface area contributed by atoms with Crippen LogP contribution in [0.25, 0.3) is 0 Å². The van der Waals surface area contributed by atoms with Crippen molar-refractivity contribution in [2.45, 2.75) is 18.7 Å². The molecule has 4 nitrogen and oxygen atoms in total. The summed E-state index contributed by atoms with van der Waals surface area (Å²) in [4.78, 5) is 0. The lowest BCUT2D eigenvalue weighted by Crippen LogP contribution is -2.35. The molecule has 0 aromatic carbocycles. The first-order valence-corrected chi connectivity index (χ1v) is 7.84. The number of halogens is 1. The molecular formula is C9H14BrNO3S2. The van der Waals surface area contributed by atoms with E-state index in [4.69, 9.17) is 5.11 Å². The van der Waals surface area contributed by atoms with Crippen LogP contribution >= 0.6 is 27.3 Å². The highest BCUT2D eigenvalue weighted by atomic mass is 79.9. The minimum atomic E-state index is -3.41. The zero-order chi connectivity index (χ0) is 12.3. The molecule has 1 N–H and O–H groups in total.